The molecule has 0 saturated carbocycles. The lowest BCUT2D eigenvalue weighted by molar-refractivity contribution is 0.304. The van der Waals surface area contributed by atoms with E-state index in [4.69, 9.17) is 22.7 Å². The number of pyridine rings is 1. The molecule has 3 aromatic rings. The van der Waals surface area contributed by atoms with E-state index in [-0.39, 0.29) is 0 Å². The first kappa shape index (κ1) is 17.4. The van der Waals surface area contributed by atoms with Crippen LogP contribution in [0.5, 0.6) is 5.75 Å². The van der Waals surface area contributed by atoms with E-state index in [2.05, 4.69) is 41.2 Å². The first-order chi connectivity index (χ1) is 12.0. The van der Waals surface area contributed by atoms with Gasteiger partial charge in [0.2, 0.25) is 0 Å². The van der Waals surface area contributed by atoms with Crippen LogP contribution in [0.4, 0.5) is 0 Å². The number of aromatic amines is 1. The molecule has 130 valence electrons. The molecule has 0 aliphatic heterocycles. The number of aromatic nitrogens is 3. The molecular weight excluding hydrogens is 332 g/mol. The number of rotatable bonds is 7. The van der Waals surface area contributed by atoms with Crippen LogP contribution in [0.15, 0.2) is 36.5 Å². The van der Waals surface area contributed by atoms with E-state index < -0.39 is 0 Å². The van der Waals surface area contributed by atoms with Gasteiger partial charge in [-0.25, -0.2) is 0 Å². The van der Waals surface area contributed by atoms with Crippen molar-refractivity contribution in [1.82, 2.24) is 15.2 Å². The normalized spacial score (nSPS) is 11.2. The molecule has 0 amide bonds. The minimum atomic E-state index is 0.401. The Kier molecular flexibility index (Phi) is 5.28. The number of fused-ring (bicyclic) bond motifs is 1. The minimum absolute atomic E-state index is 0.401. The number of H-pyrrole nitrogens is 1. The lowest BCUT2D eigenvalue weighted by Crippen LogP contribution is -2.11. The Labute approximate surface area is 152 Å². The summed E-state index contributed by atoms with van der Waals surface area (Å²) in [6.45, 7) is 4.80. The van der Waals surface area contributed by atoms with Crippen LogP contribution in [0.1, 0.15) is 30.8 Å². The maximum atomic E-state index is 6.04. The van der Waals surface area contributed by atoms with Gasteiger partial charge in [-0.1, -0.05) is 32.1 Å². The number of benzene rings is 1. The van der Waals surface area contributed by atoms with E-state index in [1.54, 1.807) is 6.20 Å². The van der Waals surface area contributed by atoms with Crippen molar-refractivity contribution in [2.24, 2.45) is 11.7 Å². The summed E-state index contributed by atoms with van der Waals surface area (Å²) in [5.74, 6) is 1.30. The summed E-state index contributed by atoms with van der Waals surface area (Å²) in [7, 11) is 0. The van der Waals surface area contributed by atoms with Gasteiger partial charge in [0, 0.05) is 23.7 Å². The van der Waals surface area contributed by atoms with E-state index in [1.165, 1.54) is 5.56 Å². The zero-order valence-corrected chi connectivity index (χ0v) is 15.3. The van der Waals surface area contributed by atoms with Crippen molar-refractivity contribution in [3.05, 3.63) is 53.5 Å². The number of hydrogen-bond acceptors (Lipinski definition) is 4. The minimum Gasteiger partial charge on any atom is -0.485 e. The number of nitrogens with one attached hydrogen (secondary N) is 1. The Morgan fingerprint density at radius 2 is 2.16 bits per heavy atom. The SMILES string of the molecule is CC(C)Cc1cc(OCc2ccccn2)c2n[nH]c(CC(N)=S)c2c1. The molecule has 0 spiro atoms. The molecule has 25 heavy (non-hydrogen) atoms. The van der Waals surface area contributed by atoms with Crippen LogP contribution in [-0.2, 0) is 19.4 Å². The van der Waals surface area contributed by atoms with Gasteiger partial charge >= 0.3 is 0 Å². The number of nitrogens with two attached hydrogens (primary N) is 1. The molecule has 0 aliphatic rings. The number of hydrogen-bond donors (Lipinski definition) is 2. The summed E-state index contributed by atoms with van der Waals surface area (Å²) >= 11 is 5.05. The van der Waals surface area contributed by atoms with Crippen molar-refractivity contribution in [2.75, 3.05) is 0 Å². The predicted octanol–water partition coefficient (Wildman–Crippen LogP) is 3.56. The largest absolute Gasteiger partial charge is 0.485 e. The van der Waals surface area contributed by atoms with Crippen molar-refractivity contribution in [1.29, 1.82) is 0 Å². The van der Waals surface area contributed by atoms with E-state index >= 15 is 0 Å². The van der Waals surface area contributed by atoms with Crippen LogP contribution in [-0.4, -0.2) is 20.2 Å². The van der Waals surface area contributed by atoms with Crippen LogP contribution in [0.3, 0.4) is 0 Å². The highest BCUT2D eigenvalue weighted by atomic mass is 32.1. The quantitative estimate of drug-likeness (QED) is 0.634. The van der Waals surface area contributed by atoms with Gasteiger partial charge in [0.25, 0.3) is 0 Å². The lowest BCUT2D eigenvalue weighted by Gasteiger charge is -2.11. The maximum Gasteiger partial charge on any atom is 0.148 e. The fraction of sp³-hybridized carbons (Fsp3) is 0.316. The molecule has 0 unspecified atom stereocenters. The molecule has 1 aromatic carbocycles. The van der Waals surface area contributed by atoms with E-state index in [1.807, 2.05) is 18.2 Å². The molecule has 3 rings (SSSR count). The molecule has 0 radical (unpaired) electrons. The van der Waals surface area contributed by atoms with Crippen LogP contribution in [0.25, 0.3) is 10.9 Å². The molecule has 6 heteroatoms. The van der Waals surface area contributed by atoms with Gasteiger partial charge in [-0.05, 0) is 42.2 Å². The maximum absolute atomic E-state index is 6.04. The molecule has 2 heterocycles. The molecule has 0 saturated heterocycles. The number of thiocarbonyl (C=S) groups is 1. The molecule has 0 bridgehead atoms. The summed E-state index contributed by atoms with van der Waals surface area (Å²) in [5, 5.41) is 8.49. The molecule has 0 atom stereocenters. The lowest BCUT2D eigenvalue weighted by atomic mass is 10.00. The third-order valence-electron chi connectivity index (χ3n) is 3.86. The average Bonchev–Trinajstić information content (AvgIpc) is 2.95. The van der Waals surface area contributed by atoms with Gasteiger partial charge < -0.3 is 10.5 Å². The molecule has 3 N–H and O–H groups in total. The van der Waals surface area contributed by atoms with Crippen molar-refractivity contribution >= 4 is 28.1 Å². The summed E-state index contributed by atoms with van der Waals surface area (Å²) in [5.41, 5.74) is 9.53. The zero-order chi connectivity index (χ0) is 17.8. The Hall–Kier alpha value is -2.47. The standard InChI is InChI=1S/C19H22N4OS/c1-12(2)7-13-8-15-16(10-18(20)25)22-23-19(15)17(9-13)24-11-14-5-3-4-6-21-14/h3-6,8-9,12H,7,10-11H2,1-2H3,(H2,20,25)(H,22,23). The van der Waals surface area contributed by atoms with Gasteiger partial charge in [0.05, 0.1) is 10.7 Å². The van der Waals surface area contributed by atoms with E-state index in [9.17, 15) is 0 Å². The molecule has 5 nitrogen and oxygen atoms in total. The van der Waals surface area contributed by atoms with Crippen molar-refractivity contribution in [3.8, 4) is 5.75 Å². The second kappa shape index (κ2) is 7.61. The van der Waals surface area contributed by atoms with Crippen LogP contribution in [0.2, 0.25) is 0 Å². The Balaban J connectivity index is 1.96. The number of nitrogens with zero attached hydrogens (tertiary/aromatic N) is 2. The second-order valence-corrected chi connectivity index (χ2v) is 7.07. The predicted molar refractivity (Wildman–Crippen MR) is 104 cm³/mol. The molecular formula is C19H22N4OS. The number of ether oxygens (including phenoxy) is 1. The molecule has 2 aromatic heterocycles. The van der Waals surface area contributed by atoms with Crippen molar-refractivity contribution < 1.29 is 4.74 Å². The summed E-state index contributed by atoms with van der Waals surface area (Å²) in [6.07, 6.45) is 3.22. The summed E-state index contributed by atoms with van der Waals surface area (Å²) < 4.78 is 6.04. The molecule has 0 aliphatic carbocycles. The van der Waals surface area contributed by atoms with Gasteiger partial charge in [-0.15, -0.1) is 0 Å². The van der Waals surface area contributed by atoms with Gasteiger partial charge in [-0.3, -0.25) is 10.1 Å². The van der Waals surface area contributed by atoms with E-state index in [0.29, 0.717) is 23.9 Å². The third kappa shape index (κ3) is 4.33. The third-order valence-corrected chi connectivity index (χ3v) is 4.00. The fourth-order valence-electron chi connectivity index (χ4n) is 2.84. The van der Waals surface area contributed by atoms with Gasteiger partial charge in [0.15, 0.2) is 0 Å². The summed E-state index contributed by atoms with van der Waals surface area (Å²) in [6, 6.07) is 10.0. The van der Waals surface area contributed by atoms with Crippen molar-refractivity contribution in [2.45, 2.75) is 33.3 Å². The van der Waals surface area contributed by atoms with Crippen LogP contribution in [0, 0.1) is 5.92 Å². The van der Waals surface area contributed by atoms with E-state index in [0.717, 1.165) is 34.5 Å². The van der Waals surface area contributed by atoms with Crippen LogP contribution >= 0.6 is 12.2 Å². The van der Waals surface area contributed by atoms with Gasteiger partial charge in [-0.2, -0.15) is 5.10 Å². The van der Waals surface area contributed by atoms with Crippen molar-refractivity contribution in [3.63, 3.8) is 0 Å². The first-order valence-electron chi connectivity index (χ1n) is 8.34. The second-order valence-electron chi connectivity index (χ2n) is 6.54. The van der Waals surface area contributed by atoms with Gasteiger partial charge in [0.1, 0.15) is 17.9 Å². The molecule has 0 fully saturated rings. The Morgan fingerprint density at radius 3 is 2.84 bits per heavy atom. The first-order valence-corrected chi connectivity index (χ1v) is 8.74. The topological polar surface area (TPSA) is 76.8 Å². The highest BCUT2D eigenvalue weighted by molar-refractivity contribution is 7.80. The zero-order valence-electron chi connectivity index (χ0n) is 14.5. The van der Waals surface area contributed by atoms with Crippen LogP contribution < -0.4 is 10.5 Å². The Morgan fingerprint density at radius 1 is 1.32 bits per heavy atom. The monoisotopic (exact) mass is 354 g/mol. The Bertz CT molecular complexity index is 874. The fourth-order valence-corrected chi connectivity index (χ4v) is 2.98. The summed E-state index contributed by atoms with van der Waals surface area (Å²) in [4.78, 5) is 4.74. The highest BCUT2D eigenvalue weighted by Crippen LogP contribution is 2.30. The highest BCUT2D eigenvalue weighted by Gasteiger charge is 2.14. The average molecular weight is 354 g/mol. The smallest absolute Gasteiger partial charge is 0.148 e.